The number of thiol groups is 1. The minimum Gasteiger partial charge on any atom is -0.480 e. The fourth-order valence-corrected chi connectivity index (χ4v) is 1.78. The zero-order chi connectivity index (χ0) is 18.2. The van der Waals surface area contributed by atoms with E-state index in [2.05, 4.69) is 17.9 Å². The number of carbonyl (C=O) groups is 5. The van der Waals surface area contributed by atoms with Crippen molar-refractivity contribution in [3.05, 3.63) is 0 Å². The van der Waals surface area contributed by atoms with Crippen LogP contribution in [-0.2, 0) is 24.0 Å². The van der Waals surface area contributed by atoms with Gasteiger partial charge in [-0.1, -0.05) is 0 Å². The molecule has 3 amide bonds. The molecule has 0 saturated carbocycles. The molecule has 0 rings (SSSR count). The monoisotopic (exact) mass is 349 g/mol. The SMILES string of the molecule is CC(=O)N(CC(=O)O)C(=O)[C@H](CS)NC(=O)CC[C@@H](N)C(=O)O. The Hall–Kier alpha value is -2.14. The highest BCUT2D eigenvalue weighted by atomic mass is 32.1. The number of nitrogens with zero attached hydrogens (tertiary/aromatic N) is 1. The Morgan fingerprint density at radius 1 is 1.22 bits per heavy atom. The summed E-state index contributed by atoms with van der Waals surface area (Å²) in [6, 6.07) is -2.43. The Labute approximate surface area is 137 Å². The van der Waals surface area contributed by atoms with Gasteiger partial charge in [-0.2, -0.15) is 12.6 Å². The maximum Gasteiger partial charge on any atom is 0.323 e. The third kappa shape index (κ3) is 7.61. The van der Waals surface area contributed by atoms with Gasteiger partial charge in [-0.15, -0.1) is 0 Å². The smallest absolute Gasteiger partial charge is 0.323 e. The van der Waals surface area contributed by atoms with E-state index in [0.717, 1.165) is 6.92 Å². The maximum absolute atomic E-state index is 12.1. The zero-order valence-electron chi connectivity index (χ0n) is 12.4. The van der Waals surface area contributed by atoms with E-state index >= 15 is 0 Å². The molecule has 0 unspecified atom stereocenters. The van der Waals surface area contributed by atoms with E-state index in [0.29, 0.717) is 4.90 Å². The second kappa shape index (κ2) is 9.79. The Balaban J connectivity index is 4.76. The van der Waals surface area contributed by atoms with E-state index in [1.165, 1.54) is 0 Å². The van der Waals surface area contributed by atoms with E-state index in [9.17, 15) is 24.0 Å². The van der Waals surface area contributed by atoms with Crippen LogP contribution in [0.15, 0.2) is 0 Å². The summed E-state index contributed by atoms with van der Waals surface area (Å²) in [5, 5.41) is 19.6. The summed E-state index contributed by atoms with van der Waals surface area (Å²) in [7, 11) is 0. The third-order valence-electron chi connectivity index (χ3n) is 2.76. The van der Waals surface area contributed by atoms with E-state index in [1.807, 2.05) is 0 Å². The standard InChI is InChI=1S/C12H19N3O7S/c1-6(16)15(4-10(18)19)11(20)8(5-23)14-9(17)3-2-7(13)12(21)22/h7-8,23H,2-5,13H2,1H3,(H,14,17)(H,18,19)(H,21,22)/t7-,8+/m1/s1. The number of rotatable bonds is 9. The Morgan fingerprint density at radius 2 is 1.78 bits per heavy atom. The van der Waals surface area contributed by atoms with Crippen LogP contribution >= 0.6 is 12.6 Å². The van der Waals surface area contributed by atoms with Gasteiger partial charge < -0.3 is 21.3 Å². The summed E-state index contributed by atoms with van der Waals surface area (Å²) >= 11 is 3.88. The molecule has 0 heterocycles. The molecular formula is C12H19N3O7S. The summed E-state index contributed by atoms with van der Waals surface area (Å²) in [6.45, 7) is 0.183. The van der Waals surface area contributed by atoms with Crippen molar-refractivity contribution in [3.63, 3.8) is 0 Å². The van der Waals surface area contributed by atoms with Gasteiger partial charge in [0.15, 0.2) is 0 Å². The van der Waals surface area contributed by atoms with Gasteiger partial charge >= 0.3 is 11.9 Å². The van der Waals surface area contributed by atoms with Crippen molar-refractivity contribution in [2.24, 2.45) is 5.73 Å². The quantitative estimate of drug-likeness (QED) is 0.299. The maximum atomic E-state index is 12.1. The molecule has 0 aliphatic carbocycles. The minimum atomic E-state index is -1.38. The van der Waals surface area contributed by atoms with Crippen LogP contribution in [0.5, 0.6) is 0 Å². The number of carboxylic acids is 2. The molecule has 0 aromatic rings. The van der Waals surface area contributed by atoms with Crippen molar-refractivity contribution < 1.29 is 34.2 Å². The van der Waals surface area contributed by atoms with Crippen molar-refractivity contribution in [3.8, 4) is 0 Å². The molecule has 0 aliphatic heterocycles. The fourth-order valence-electron chi connectivity index (χ4n) is 1.53. The van der Waals surface area contributed by atoms with Crippen LogP contribution in [0.4, 0.5) is 0 Å². The number of nitrogens with two attached hydrogens (primary N) is 1. The van der Waals surface area contributed by atoms with Gasteiger partial charge in [-0.05, 0) is 6.42 Å². The van der Waals surface area contributed by atoms with Gasteiger partial charge in [0.05, 0.1) is 0 Å². The van der Waals surface area contributed by atoms with Crippen molar-refractivity contribution in [2.75, 3.05) is 12.3 Å². The number of imide groups is 1. The molecule has 2 atom stereocenters. The van der Waals surface area contributed by atoms with Crippen LogP contribution in [-0.4, -0.2) is 69.2 Å². The third-order valence-corrected chi connectivity index (χ3v) is 3.12. The number of hydrogen-bond acceptors (Lipinski definition) is 7. The van der Waals surface area contributed by atoms with Crippen molar-refractivity contribution in [2.45, 2.75) is 31.8 Å². The first-order valence-corrected chi connectivity index (χ1v) is 7.15. The number of amides is 3. The molecule has 0 fully saturated rings. The number of carbonyl (C=O) groups excluding carboxylic acids is 3. The molecule has 11 heteroatoms. The lowest BCUT2D eigenvalue weighted by atomic mass is 10.1. The molecule has 23 heavy (non-hydrogen) atoms. The van der Waals surface area contributed by atoms with Crippen LogP contribution in [0.3, 0.4) is 0 Å². The van der Waals surface area contributed by atoms with E-state index < -0.39 is 48.3 Å². The van der Waals surface area contributed by atoms with E-state index in [-0.39, 0.29) is 18.6 Å². The van der Waals surface area contributed by atoms with E-state index in [1.54, 1.807) is 0 Å². The lowest BCUT2D eigenvalue weighted by molar-refractivity contribution is -0.152. The summed E-state index contributed by atoms with van der Waals surface area (Å²) < 4.78 is 0. The Morgan fingerprint density at radius 3 is 2.17 bits per heavy atom. The topological polar surface area (TPSA) is 167 Å². The van der Waals surface area contributed by atoms with Crippen molar-refractivity contribution in [1.29, 1.82) is 0 Å². The average molecular weight is 349 g/mol. The van der Waals surface area contributed by atoms with Gasteiger partial charge in [-0.25, -0.2) is 0 Å². The van der Waals surface area contributed by atoms with E-state index in [4.69, 9.17) is 15.9 Å². The number of nitrogens with one attached hydrogen (secondary N) is 1. The van der Waals surface area contributed by atoms with Gasteiger partial charge in [0.1, 0.15) is 18.6 Å². The highest BCUT2D eigenvalue weighted by Gasteiger charge is 2.29. The first-order valence-electron chi connectivity index (χ1n) is 6.52. The molecule has 130 valence electrons. The molecule has 0 aromatic carbocycles. The van der Waals surface area contributed by atoms with Crippen LogP contribution in [0, 0.1) is 0 Å². The lowest BCUT2D eigenvalue weighted by Crippen LogP contribution is -2.52. The van der Waals surface area contributed by atoms with Crippen molar-refractivity contribution in [1.82, 2.24) is 10.2 Å². The fraction of sp³-hybridized carbons (Fsp3) is 0.583. The highest BCUT2D eigenvalue weighted by Crippen LogP contribution is 2.02. The second-order valence-electron chi connectivity index (χ2n) is 4.62. The van der Waals surface area contributed by atoms with Gasteiger partial charge in [0, 0.05) is 19.1 Å². The lowest BCUT2D eigenvalue weighted by Gasteiger charge is -2.23. The summed E-state index contributed by atoms with van der Waals surface area (Å²) in [5.74, 6) is -5.17. The first-order chi connectivity index (χ1) is 10.6. The molecule has 0 aliphatic rings. The normalized spacial score (nSPS) is 12.8. The molecular weight excluding hydrogens is 330 g/mol. The van der Waals surface area contributed by atoms with Crippen LogP contribution in [0.25, 0.3) is 0 Å². The predicted molar refractivity (Wildman–Crippen MR) is 80.7 cm³/mol. The first kappa shape index (κ1) is 20.9. The molecule has 0 bridgehead atoms. The highest BCUT2D eigenvalue weighted by molar-refractivity contribution is 7.80. The molecule has 10 nitrogen and oxygen atoms in total. The minimum absolute atomic E-state index is 0.139. The summed E-state index contributed by atoms with van der Waals surface area (Å²) in [4.78, 5) is 56.8. The molecule has 0 aromatic heterocycles. The second-order valence-corrected chi connectivity index (χ2v) is 4.99. The van der Waals surface area contributed by atoms with Crippen LogP contribution in [0.2, 0.25) is 0 Å². The average Bonchev–Trinajstić information content (AvgIpc) is 2.46. The Bertz CT molecular complexity index is 497. The predicted octanol–water partition coefficient (Wildman–Crippen LogP) is -1.95. The number of hydrogen-bond donors (Lipinski definition) is 5. The summed E-state index contributed by atoms with van der Waals surface area (Å²) in [6.07, 6.45) is -0.385. The van der Waals surface area contributed by atoms with Crippen molar-refractivity contribution >= 4 is 42.3 Å². The number of aliphatic carboxylic acids is 2. The van der Waals surface area contributed by atoms with Crippen LogP contribution < -0.4 is 11.1 Å². The molecule has 0 saturated heterocycles. The number of carboxylic acid groups (broad SMARTS) is 2. The summed E-state index contributed by atoms with van der Waals surface area (Å²) in [5.41, 5.74) is 5.25. The molecule has 5 N–H and O–H groups in total. The van der Waals surface area contributed by atoms with Gasteiger partial charge in [0.2, 0.25) is 11.8 Å². The van der Waals surface area contributed by atoms with Gasteiger partial charge in [-0.3, -0.25) is 28.9 Å². The van der Waals surface area contributed by atoms with Gasteiger partial charge in [0.25, 0.3) is 5.91 Å². The zero-order valence-corrected chi connectivity index (χ0v) is 13.3. The molecule has 0 radical (unpaired) electrons. The van der Waals surface area contributed by atoms with Crippen LogP contribution in [0.1, 0.15) is 19.8 Å². The Kier molecular flexibility index (Phi) is 8.88. The molecule has 0 spiro atoms. The largest absolute Gasteiger partial charge is 0.480 e.